The molecular weight excluding hydrogens is 774 g/mol. The van der Waals surface area contributed by atoms with E-state index in [0.29, 0.717) is 22.3 Å². The number of fused-ring (bicyclic) bond motifs is 7. The maximum atomic E-state index is 7.19. The smallest absolute Gasteiger partial charge is 0.143 e. The van der Waals surface area contributed by atoms with Crippen molar-refractivity contribution in [1.29, 1.82) is 0 Å². The molecule has 0 aliphatic heterocycles. The highest BCUT2D eigenvalue weighted by atomic mass is 16.3. The number of hydrogen-bond acceptors (Lipinski definition) is 1. The molecule has 0 fully saturated rings. The average molecular weight is 783 g/mol. The normalized spacial score (nSPS) is 11.9. The molecule has 0 amide bonds. The highest BCUT2D eigenvalue weighted by molar-refractivity contribution is 6.76. The molecule has 38 radical (unpaired) electrons. The summed E-state index contributed by atoms with van der Waals surface area (Å²) in [4.78, 5) is 0. The SMILES string of the molecule is [B]c1c([B])c(-c2c3c([B])c([B])c([B])c([B])c3c(-c3c([B])c([B])c4c([B])c([B])c([B])c([B])c4c3[B])c3c([B])c([B])c([B])c([B])c23)c([B])c([B])c1-c1cccc2c1oc1cc3ccccc3cc12. The van der Waals surface area contributed by atoms with Crippen molar-refractivity contribution in [1.82, 2.24) is 0 Å². The standard InChI is InChI=1S/C46H9B19O/c47-27-23(34(54)37(57)26-25(27)38(58)44(64)45(65)39(26)59)17-19-21(32(52)42(62)40(60)30(19)50)18(22-20(17)31(51)41(61)43(63)33(22)53)24-35(55)28(48)16(29(49)36(24)56)13-7-3-6-12-14-8-10-4-1-2-5-11(10)9-15(14)66-46(12)13/h1-9H. The van der Waals surface area contributed by atoms with Crippen LogP contribution in [0, 0.1) is 0 Å². The van der Waals surface area contributed by atoms with Crippen LogP contribution in [0.2, 0.25) is 0 Å². The number of rotatable bonds is 3. The van der Waals surface area contributed by atoms with Crippen molar-refractivity contribution < 1.29 is 4.42 Å². The monoisotopic (exact) mass is 786 g/mol. The summed E-state index contributed by atoms with van der Waals surface area (Å²) < 4.78 is 6.55. The van der Waals surface area contributed by atoms with Gasteiger partial charge < -0.3 is 4.42 Å². The predicted molar refractivity (Wildman–Crippen MR) is 302 cm³/mol. The Morgan fingerprint density at radius 1 is 0.258 bits per heavy atom. The van der Waals surface area contributed by atoms with Crippen LogP contribution >= 0.6 is 0 Å². The predicted octanol–water partition coefficient (Wildman–Crippen LogP) is -9.72. The molecule has 0 unspecified atom stereocenters. The first-order valence-electron chi connectivity index (χ1n) is 20.1. The van der Waals surface area contributed by atoms with Crippen LogP contribution in [-0.4, -0.2) is 149 Å². The quantitative estimate of drug-likeness (QED) is 0.129. The van der Waals surface area contributed by atoms with Crippen LogP contribution in [0.15, 0.2) is 59.0 Å². The third kappa shape index (κ3) is 5.88. The molecule has 10 rings (SSSR count). The van der Waals surface area contributed by atoms with Crippen LogP contribution in [0.3, 0.4) is 0 Å². The molecule has 0 aliphatic rings. The Balaban J connectivity index is 1.40. The maximum Gasteiger partial charge on any atom is 0.143 e. The Hall–Kier alpha value is -4.95. The zero-order valence-corrected chi connectivity index (χ0v) is 35.1. The molecule has 0 spiro atoms. The number of furan rings is 1. The molecule has 0 bridgehead atoms. The van der Waals surface area contributed by atoms with Crippen molar-refractivity contribution in [3.05, 3.63) is 54.6 Å². The lowest BCUT2D eigenvalue weighted by molar-refractivity contribution is 0.670. The van der Waals surface area contributed by atoms with Gasteiger partial charge in [0.05, 0.1) is 0 Å². The zero-order valence-electron chi connectivity index (χ0n) is 35.1. The van der Waals surface area contributed by atoms with Crippen molar-refractivity contribution in [2.45, 2.75) is 0 Å². The first-order valence-corrected chi connectivity index (χ1v) is 20.1. The molecule has 0 atom stereocenters. The summed E-state index contributed by atoms with van der Waals surface area (Å²) >= 11 is 0. The summed E-state index contributed by atoms with van der Waals surface area (Å²) in [6.07, 6.45) is 0. The van der Waals surface area contributed by atoms with Gasteiger partial charge in [-0.15, -0.1) is 32.8 Å². The van der Waals surface area contributed by atoms with Gasteiger partial charge in [-0.25, -0.2) is 0 Å². The Bertz CT molecular complexity index is 3820. The Kier molecular flexibility index (Phi) is 10.6. The van der Waals surface area contributed by atoms with E-state index in [0.717, 1.165) is 21.5 Å². The van der Waals surface area contributed by atoms with E-state index in [9.17, 15) is 0 Å². The Morgan fingerprint density at radius 3 is 1.06 bits per heavy atom. The van der Waals surface area contributed by atoms with E-state index in [1.807, 2.05) is 42.5 Å². The van der Waals surface area contributed by atoms with Crippen LogP contribution in [0.4, 0.5) is 0 Å². The molecule has 1 aromatic heterocycles. The van der Waals surface area contributed by atoms with Gasteiger partial charge in [-0.2, -0.15) is 0 Å². The van der Waals surface area contributed by atoms with Crippen molar-refractivity contribution >= 4 is 318 Å². The lowest BCUT2D eigenvalue weighted by atomic mass is 9.55. The van der Waals surface area contributed by atoms with Crippen LogP contribution in [0.1, 0.15) is 0 Å². The second-order valence-corrected chi connectivity index (χ2v) is 16.5. The second kappa shape index (κ2) is 15.5. The van der Waals surface area contributed by atoms with Crippen molar-refractivity contribution in [3.8, 4) is 33.4 Å². The fraction of sp³-hybridized carbons (Fsp3) is 0. The molecule has 10 aromatic rings. The van der Waals surface area contributed by atoms with Gasteiger partial charge in [-0.3, -0.25) is 0 Å². The average Bonchev–Trinajstić information content (AvgIpc) is 3.67. The van der Waals surface area contributed by atoms with Gasteiger partial charge in [0.2, 0.25) is 0 Å². The van der Waals surface area contributed by atoms with E-state index in [-0.39, 0.29) is 158 Å². The lowest BCUT2D eigenvalue weighted by Crippen LogP contribution is -2.53. The second-order valence-electron chi connectivity index (χ2n) is 16.5. The third-order valence-corrected chi connectivity index (χ3v) is 13.1. The third-order valence-electron chi connectivity index (χ3n) is 13.1. The van der Waals surface area contributed by atoms with Gasteiger partial charge in [0.1, 0.15) is 160 Å². The molecule has 256 valence electrons. The topological polar surface area (TPSA) is 13.1 Å². The molecular formula is C46H9B19O. The Morgan fingerprint density at radius 2 is 0.606 bits per heavy atom. The van der Waals surface area contributed by atoms with E-state index in [1.54, 1.807) is 6.07 Å². The number of benzene rings is 9. The van der Waals surface area contributed by atoms with E-state index < -0.39 is 0 Å². The summed E-state index contributed by atoms with van der Waals surface area (Å²) in [5.41, 5.74) is 0.889. The van der Waals surface area contributed by atoms with Gasteiger partial charge in [-0.05, 0) is 83.0 Å². The summed E-state index contributed by atoms with van der Waals surface area (Å²) in [7, 11) is 130. The summed E-state index contributed by atoms with van der Waals surface area (Å²) in [5, 5.41) is 4.33. The van der Waals surface area contributed by atoms with E-state index in [4.69, 9.17) is 153 Å². The first kappa shape index (κ1) is 44.9. The summed E-state index contributed by atoms with van der Waals surface area (Å²) in [6, 6.07) is 17.6. The van der Waals surface area contributed by atoms with E-state index in [2.05, 4.69) is 6.07 Å². The Labute approximate surface area is 407 Å². The highest BCUT2D eigenvalue weighted by Gasteiger charge is 2.30. The molecule has 0 saturated heterocycles. The van der Waals surface area contributed by atoms with Crippen LogP contribution < -0.4 is 104 Å². The van der Waals surface area contributed by atoms with Crippen LogP contribution in [0.25, 0.3) is 98.4 Å². The summed E-state index contributed by atoms with van der Waals surface area (Å²) in [6.45, 7) is 0. The van der Waals surface area contributed by atoms with Gasteiger partial charge in [-0.1, -0.05) is 113 Å². The maximum absolute atomic E-state index is 7.19. The van der Waals surface area contributed by atoms with Crippen molar-refractivity contribution in [3.63, 3.8) is 0 Å². The minimum Gasteiger partial charge on any atom is -0.455 e. The summed E-state index contributed by atoms with van der Waals surface area (Å²) in [5.74, 6) is 0. The largest absolute Gasteiger partial charge is 0.455 e. The van der Waals surface area contributed by atoms with Gasteiger partial charge in [0.25, 0.3) is 0 Å². The fourth-order valence-electron chi connectivity index (χ4n) is 9.71. The first-order chi connectivity index (χ1) is 31.2. The molecule has 0 N–H and O–H groups in total. The molecule has 1 nitrogen and oxygen atoms in total. The highest BCUT2D eigenvalue weighted by Crippen LogP contribution is 2.40. The fourth-order valence-corrected chi connectivity index (χ4v) is 9.71. The molecule has 20 heteroatoms. The minimum atomic E-state index is -0.115. The zero-order chi connectivity index (χ0) is 47.4. The van der Waals surface area contributed by atoms with Gasteiger partial charge >= 0.3 is 0 Å². The van der Waals surface area contributed by atoms with Crippen LogP contribution in [0.5, 0.6) is 0 Å². The number of hydrogen-bond donors (Lipinski definition) is 0. The van der Waals surface area contributed by atoms with Crippen molar-refractivity contribution in [2.75, 3.05) is 0 Å². The number of para-hydroxylation sites is 1. The van der Waals surface area contributed by atoms with Crippen LogP contribution in [-0.2, 0) is 0 Å². The lowest BCUT2D eigenvalue weighted by Gasteiger charge is -2.33. The molecule has 66 heavy (non-hydrogen) atoms. The van der Waals surface area contributed by atoms with E-state index >= 15 is 0 Å². The van der Waals surface area contributed by atoms with Gasteiger partial charge in [0.15, 0.2) is 0 Å². The molecule has 1 heterocycles. The van der Waals surface area contributed by atoms with Crippen molar-refractivity contribution in [2.24, 2.45) is 0 Å². The minimum absolute atomic E-state index is 0.0135. The molecule has 0 saturated carbocycles. The van der Waals surface area contributed by atoms with Gasteiger partial charge in [0, 0.05) is 16.3 Å². The molecule has 9 aromatic carbocycles. The molecule has 0 aliphatic carbocycles. The van der Waals surface area contributed by atoms with E-state index in [1.165, 1.54) is 0 Å².